The van der Waals surface area contributed by atoms with Crippen LogP contribution in [0, 0.1) is 0 Å². The van der Waals surface area contributed by atoms with Crippen LogP contribution in [0.1, 0.15) is 40.8 Å². The van der Waals surface area contributed by atoms with Gasteiger partial charge in [-0.2, -0.15) is 13.2 Å². The third-order valence-electron chi connectivity index (χ3n) is 6.04. The van der Waals surface area contributed by atoms with E-state index < -0.39 is 26.5 Å². The van der Waals surface area contributed by atoms with Crippen molar-refractivity contribution in [3.63, 3.8) is 0 Å². The molecule has 2 unspecified atom stereocenters. The molecule has 1 spiro atoms. The minimum Gasteiger partial charge on any atom is -0.369 e. The Morgan fingerprint density at radius 3 is 2.81 bits per heavy atom. The lowest BCUT2D eigenvalue weighted by atomic mass is 9.82. The number of halogens is 4. The van der Waals surface area contributed by atoms with Crippen molar-refractivity contribution in [1.82, 2.24) is 19.9 Å². The van der Waals surface area contributed by atoms with Crippen LogP contribution in [0.15, 0.2) is 6.20 Å². The summed E-state index contributed by atoms with van der Waals surface area (Å²) in [5.74, 6) is -0.0125. The topological polar surface area (TPSA) is 77.3 Å². The predicted octanol–water partition coefficient (Wildman–Crippen LogP) is 3.51. The molecule has 0 aromatic carbocycles. The van der Waals surface area contributed by atoms with E-state index in [4.69, 9.17) is 16.3 Å². The number of hydrogen-bond acceptors (Lipinski definition) is 7. The van der Waals surface area contributed by atoms with E-state index >= 15 is 0 Å². The van der Waals surface area contributed by atoms with Gasteiger partial charge in [0.1, 0.15) is 20.3 Å². The number of ether oxygens (including phenoxy) is 1. The highest BCUT2D eigenvalue weighted by molar-refractivity contribution is 7.90. The van der Waals surface area contributed by atoms with Gasteiger partial charge in [-0.05, 0) is 31.7 Å². The first kappa shape index (κ1) is 23.9. The molecule has 2 aliphatic heterocycles. The standard InChI is InChI=1S/C19H24ClF3N4O3S2/c1-12-9-18(16-14(3-7-30-18)15(20)17(31-16)19(21,22)23)4-5-26(12)10-13-11-27(25-24-13)6-8-32(2,28)29/h11-12H,3-10H2,1-2H3. The van der Waals surface area contributed by atoms with Gasteiger partial charge in [0.05, 0.1) is 29.6 Å². The van der Waals surface area contributed by atoms with Crippen LogP contribution >= 0.6 is 22.9 Å². The van der Waals surface area contributed by atoms with Gasteiger partial charge >= 0.3 is 6.18 Å². The largest absolute Gasteiger partial charge is 0.427 e. The van der Waals surface area contributed by atoms with Crippen molar-refractivity contribution >= 4 is 32.8 Å². The van der Waals surface area contributed by atoms with Gasteiger partial charge in [0.25, 0.3) is 0 Å². The average Bonchev–Trinajstić information content (AvgIpc) is 3.27. The third-order valence-corrected chi connectivity index (χ3v) is 8.95. The van der Waals surface area contributed by atoms with Crippen LogP contribution < -0.4 is 0 Å². The Bertz CT molecular complexity index is 1100. The maximum atomic E-state index is 13.4. The number of rotatable bonds is 5. The van der Waals surface area contributed by atoms with Crippen LogP contribution in [-0.2, 0) is 45.9 Å². The van der Waals surface area contributed by atoms with Gasteiger partial charge in [-0.15, -0.1) is 16.4 Å². The van der Waals surface area contributed by atoms with Gasteiger partial charge in [0, 0.05) is 36.5 Å². The van der Waals surface area contributed by atoms with Crippen molar-refractivity contribution in [3.8, 4) is 0 Å². The quantitative estimate of drug-likeness (QED) is 0.610. The van der Waals surface area contributed by atoms with Crippen LogP contribution in [0.5, 0.6) is 0 Å². The lowest BCUT2D eigenvalue weighted by Crippen LogP contribution is -2.50. The number of hydrogen-bond donors (Lipinski definition) is 0. The normalized spacial score (nSPS) is 24.8. The second-order valence-corrected chi connectivity index (χ2v) is 12.2. The van der Waals surface area contributed by atoms with Crippen LogP contribution in [0.25, 0.3) is 0 Å². The second-order valence-electron chi connectivity index (χ2n) is 8.52. The molecular formula is C19H24ClF3N4O3S2. The monoisotopic (exact) mass is 512 g/mol. The molecule has 7 nitrogen and oxygen atoms in total. The van der Waals surface area contributed by atoms with Gasteiger partial charge in [-0.1, -0.05) is 16.8 Å². The minimum absolute atomic E-state index is 0.0125. The fraction of sp³-hybridized carbons (Fsp3) is 0.684. The van der Waals surface area contributed by atoms with E-state index in [0.717, 1.165) is 0 Å². The van der Waals surface area contributed by atoms with E-state index in [2.05, 4.69) is 15.2 Å². The highest BCUT2D eigenvalue weighted by Gasteiger charge is 2.48. The second kappa shape index (κ2) is 8.53. The number of nitrogens with zero attached hydrogens (tertiary/aromatic N) is 4. The number of aromatic nitrogens is 3. The molecule has 2 aliphatic rings. The van der Waals surface area contributed by atoms with Crippen LogP contribution in [0.4, 0.5) is 13.2 Å². The zero-order valence-electron chi connectivity index (χ0n) is 17.7. The zero-order chi connectivity index (χ0) is 23.3. The Morgan fingerprint density at radius 2 is 2.16 bits per heavy atom. The summed E-state index contributed by atoms with van der Waals surface area (Å²) in [5, 5.41) is 7.94. The van der Waals surface area contributed by atoms with Gasteiger partial charge in [-0.25, -0.2) is 8.42 Å². The van der Waals surface area contributed by atoms with Gasteiger partial charge in [-0.3, -0.25) is 9.58 Å². The number of fused-ring (bicyclic) bond motifs is 2. The first-order chi connectivity index (χ1) is 14.9. The van der Waals surface area contributed by atoms with Gasteiger partial charge in [0.2, 0.25) is 0 Å². The van der Waals surface area contributed by atoms with E-state index in [9.17, 15) is 21.6 Å². The van der Waals surface area contributed by atoms with Crippen LogP contribution in [-0.4, -0.2) is 59.5 Å². The highest BCUT2D eigenvalue weighted by Crippen LogP contribution is 2.53. The van der Waals surface area contributed by atoms with E-state index in [0.29, 0.717) is 66.4 Å². The molecule has 0 radical (unpaired) electrons. The molecular weight excluding hydrogens is 489 g/mol. The fourth-order valence-electron chi connectivity index (χ4n) is 4.45. The van der Waals surface area contributed by atoms with Crippen LogP contribution in [0.2, 0.25) is 5.02 Å². The summed E-state index contributed by atoms with van der Waals surface area (Å²) < 4.78 is 70.6. The maximum Gasteiger partial charge on any atom is 0.427 e. The van der Waals surface area contributed by atoms with Crippen molar-refractivity contribution in [3.05, 3.63) is 32.2 Å². The summed E-state index contributed by atoms with van der Waals surface area (Å²) >= 11 is 6.84. The Labute approximate surface area is 193 Å². The summed E-state index contributed by atoms with van der Waals surface area (Å²) in [5.41, 5.74) is 0.531. The van der Waals surface area contributed by atoms with Gasteiger partial charge < -0.3 is 4.74 Å². The summed E-state index contributed by atoms with van der Waals surface area (Å²) in [6, 6.07) is 0.0334. The summed E-state index contributed by atoms with van der Waals surface area (Å²) in [4.78, 5) is 2.06. The molecule has 178 valence electrons. The van der Waals surface area contributed by atoms with E-state index in [-0.39, 0.29) is 23.4 Å². The first-order valence-corrected chi connectivity index (χ1v) is 13.5. The first-order valence-electron chi connectivity index (χ1n) is 10.2. The number of alkyl halides is 3. The molecule has 32 heavy (non-hydrogen) atoms. The Morgan fingerprint density at radius 1 is 1.41 bits per heavy atom. The fourth-order valence-corrected chi connectivity index (χ4v) is 6.72. The highest BCUT2D eigenvalue weighted by atomic mass is 35.5. The van der Waals surface area contributed by atoms with Gasteiger partial charge in [0.15, 0.2) is 0 Å². The molecule has 4 heterocycles. The number of thiophene rings is 1. The minimum atomic E-state index is -4.48. The molecule has 4 rings (SSSR count). The Hall–Kier alpha value is -1.21. The Kier molecular flexibility index (Phi) is 6.38. The lowest BCUT2D eigenvalue weighted by Gasteiger charge is -2.46. The molecule has 2 aromatic heterocycles. The van der Waals surface area contributed by atoms with Crippen molar-refractivity contribution in [2.75, 3.05) is 25.2 Å². The molecule has 0 saturated carbocycles. The number of sulfone groups is 1. The Balaban J connectivity index is 1.47. The van der Waals surface area contributed by atoms with E-state index in [1.54, 1.807) is 6.20 Å². The van der Waals surface area contributed by atoms with E-state index in [1.165, 1.54) is 10.9 Å². The molecule has 2 aromatic rings. The van der Waals surface area contributed by atoms with Crippen molar-refractivity contribution in [1.29, 1.82) is 0 Å². The zero-order valence-corrected chi connectivity index (χ0v) is 20.0. The smallest absolute Gasteiger partial charge is 0.369 e. The molecule has 1 saturated heterocycles. The van der Waals surface area contributed by atoms with Crippen molar-refractivity contribution in [2.24, 2.45) is 0 Å². The SMILES string of the molecule is CC1CC2(CCN1Cc1cn(CCS(C)(=O)=O)nn1)OCCc1c2sc(C(F)(F)F)c1Cl. The molecule has 0 amide bonds. The summed E-state index contributed by atoms with van der Waals surface area (Å²) in [7, 11) is -3.09. The molecule has 2 atom stereocenters. The van der Waals surface area contributed by atoms with Crippen LogP contribution in [0.3, 0.4) is 0 Å². The average molecular weight is 513 g/mol. The molecule has 1 fully saturated rings. The number of aryl methyl sites for hydroxylation is 1. The molecule has 0 aliphatic carbocycles. The molecule has 13 heteroatoms. The van der Waals surface area contributed by atoms with Crippen molar-refractivity contribution < 1.29 is 26.3 Å². The molecule has 0 N–H and O–H groups in total. The van der Waals surface area contributed by atoms with Crippen molar-refractivity contribution in [2.45, 2.75) is 57.1 Å². The predicted molar refractivity (Wildman–Crippen MR) is 115 cm³/mol. The molecule has 0 bridgehead atoms. The summed E-state index contributed by atoms with van der Waals surface area (Å²) in [6.45, 7) is 3.74. The van der Waals surface area contributed by atoms with E-state index in [1.807, 2.05) is 6.92 Å². The number of likely N-dealkylation sites (tertiary alicyclic amines) is 1. The number of piperidine rings is 1. The summed E-state index contributed by atoms with van der Waals surface area (Å²) in [6.07, 6.45) is -0.0802. The lowest BCUT2D eigenvalue weighted by molar-refractivity contribution is -0.134. The third kappa shape index (κ3) is 4.84. The maximum absolute atomic E-state index is 13.4.